The highest BCUT2D eigenvalue weighted by Gasteiger charge is 2.26. The van der Waals surface area contributed by atoms with E-state index < -0.39 is 0 Å². The molecule has 0 amide bonds. The van der Waals surface area contributed by atoms with E-state index in [1.165, 1.54) is 0 Å². The van der Waals surface area contributed by atoms with Crippen LogP contribution < -0.4 is 5.73 Å². The van der Waals surface area contributed by atoms with Crippen molar-refractivity contribution in [2.45, 2.75) is 19.3 Å². The number of hydrogen-bond donors (Lipinski definition) is 1. The summed E-state index contributed by atoms with van der Waals surface area (Å²) in [6.45, 7) is 4.82. The molecular formula is C17H19N3. The number of para-hydroxylation sites is 3. The van der Waals surface area contributed by atoms with Crippen LogP contribution >= 0.6 is 0 Å². The maximum Gasteiger partial charge on any atom is 0.121 e. The fourth-order valence-corrected chi connectivity index (χ4v) is 2.41. The molecular weight excluding hydrogens is 246 g/mol. The van der Waals surface area contributed by atoms with Gasteiger partial charge in [-0.05, 0) is 24.3 Å². The summed E-state index contributed by atoms with van der Waals surface area (Å²) in [6.07, 6.45) is 0. The van der Waals surface area contributed by atoms with Crippen molar-refractivity contribution < 1.29 is 0 Å². The summed E-state index contributed by atoms with van der Waals surface area (Å²) >= 11 is 0. The summed E-state index contributed by atoms with van der Waals surface area (Å²) in [6, 6.07) is 18.5. The molecule has 0 aliphatic carbocycles. The average Bonchev–Trinajstić information content (AvgIpc) is 2.88. The van der Waals surface area contributed by atoms with Crippen LogP contribution in [0, 0.1) is 0 Å². The van der Waals surface area contributed by atoms with Gasteiger partial charge in [0.25, 0.3) is 0 Å². The Bertz CT molecular complexity index is 726. The number of aromatic nitrogens is 2. The van der Waals surface area contributed by atoms with Gasteiger partial charge in [0.1, 0.15) is 5.82 Å². The Hall–Kier alpha value is -2.13. The van der Waals surface area contributed by atoms with Crippen LogP contribution in [0.3, 0.4) is 0 Å². The first-order valence-corrected chi connectivity index (χ1v) is 6.87. The minimum atomic E-state index is -0.172. The van der Waals surface area contributed by atoms with E-state index in [1.54, 1.807) is 0 Å². The lowest BCUT2D eigenvalue weighted by Gasteiger charge is -2.23. The molecule has 1 aromatic heterocycles. The zero-order valence-electron chi connectivity index (χ0n) is 11.9. The minimum absolute atomic E-state index is 0.172. The maximum atomic E-state index is 5.95. The number of nitrogens with zero attached hydrogens (tertiary/aromatic N) is 2. The highest BCUT2D eigenvalue weighted by Crippen LogP contribution is 2.29. The van der Waals surface area contributed by atoms with E-state index in [9.17, 15) is 0 Å². The molecule has 0 aliphatic rings. The van der Waals surface area contributed by atoms with Crippen LogP contribution in [-0.2, 0) is 5.41 Å². The molecule has 0 spiro atoms. The molecule has 0 saturated carbocycles. The molecule has 102 valence electrons. The fourth-order valence-electron chi connectivity index (χ4n) is 2.41. The fraction of sp³-hybridized carbons (Fsp3) is 0.235. The zero-order valence-corrected chi connectivity index (χ0v) is 11.9. The van der Waals surface area contributed by atoms with Crippen molar-refractivity contribution in [1.29, 1.82) is 0 Å². The Balaban J connectivity index is 2.35. The van der Waals surface area contributed by atoms with E-state index in [0.717, 1.165) is 22.5 Å². The lowest BCUT2D eigenvalue weighted by atomic mass is 9.92. The minimum Gasteiger partial charge on any atom is -0.329 e. The molecule has 0 fully saturated rings. The lowest BCUT2D eigenvalue weighted by molar-refractivity contribution is 0.497. The first-order valence-electron chi connectivity index (χ1n) is 6.87. The molecule has 0 bridgehead atoms. The number of rotatable bonds is 3. The number of fused-ring (bicyclic) bond motifs is 1. The molecule has 2 N–H and O–H groups in total. The average molecular weight is 265 g/mol. The summed E-state index contributed by atoms with van der Waals surface area (Å²) in [4.78, 5) is 4.81. The van der Waals surface area contributed by atoms with E-state index >= 15 is 0 Å². The molecule has 3 heteroatoms. The van der Waals surface area contributed by atoms with E-state index in [-0.39, 0.29) is 5.41 Å². The third kappa shape index (κ3) is 2.00. The van der Waals surface area contributed by atoms with Crippen LogP contribution in [0.4, 0.5) is 0 Å². The van der Waals surface area contributed by atoms with Crippen molar-refractivity contribution in [2.24, 2.45) is 5.73 Å². The van der Waals surface area contributed by atoms with Crippen LogP contribution in [0.15, 0.2) is 54.6 Å². The Morgan fingerprint density at radius 2 is 1.65 bits per heavy atom. The van der Waals surface area contributed by atoms with Gasteiger partial charge in [0.2, 0.25) is 0 Å². The van der Waals surface area contributed by atoms with Gasteiger partial charge < -0.3 is 5.73 Å². The van der Waals surface area contributed by atoms with Crippen LogP contribution in [-0.4, -0.2) is 16.1 Å². The SMILES string of the molecule is CC(C)(CN)c1nc2ccccc2n1-c1ccccc1. The Morgan fingerprint density at radius 1 is 1.00 bits per heavy atom. The predicted molar refractivity (Wildman–Crippen MR) is 83.2 cm³/mol. The summed E-state index contributed by atoms with van der Waals surface area (Å²) in [5.41, 5.74) is 9.03. The molecule has 3 rings (SSSR count). The monoisotopic (exact) mass is 265 g/mol. The van der Waals surface area contributed by atoms with Gasteiger partial charge in [0, 0.05) is 17.6 Å². The number of imidazole rings is 1. The number of hydrogen-bond acceptors (Lipinski definition) is 2. The van der Waals surface area contributed by atoms with E-state index in [4.69, 9.17) is 10.7 Å². The van der Waals surface area contributed by atoms with Gasteiger partial charge in [-0.15, -0.1) is 0 Å². The smallest absolute Gasteiger partial charge is 0.121 e. The molecule has 0 saturated heterocycles. The topological polar surface area (TPSA) is 43.8 Å². The van der Waals surface area contributed by atoms with Crippen LogP contribution in [0.25, 0.3) is 16.7 Å². The number of benzene rings is 2. The molecule has 0 aliphatic heterocycles. The van der Waals surface area contributed by atoms with Gasteiger partial charge in [0.15, 0.2) is 0 Å². The zero-order chi connectivity index (χ0) is 14.2. The number of nitrogens with two attached hydrogens (primary N) is 1. The quantitative estimate of drug-likeness (QED) is 0.790. The van der Waals surface area contributed by atoms with Crippen LogP contribution in [0.2, 0.25) is 0 Å². The largest absolute Gasteiger partial charge is 0.329 e. The molecule has 3 aromatic rings. The van der Waals surface area contributed by atoms with E-state index in [2.05, 4.69) is 36.6 Å². The van der Waals surface area contributed by atoms with Crippen molar-refractivity contribution in [2.75, 3.05) is 6.54 Å². The molecule has 2 aromatic carbocycles. The predicted octanol–water partition coefficient (Wildman–Crippen LogP) is 3.26. The van der Waals surface area contributed by atoms with E-state index in [1.807, 2.05) is 36.4 Å². The second kappa shape index (κ2) is 4.76. The van der Waals surface area contributed by atoms with Gasteiger partial charge in [-0.1, -0.05) is 44.2 Å². The highest BCUT2D eigenvalue weighted by atomic mass is 15.1. The summed E-state index contributed by atoms with van der Waals surface area (Å²) in [5, 5.41) is 0. The molecule has 0 atom stereocenters. The summed E-state index contributed by atoms with van der Waals surface area (Å²) < 4.78 is 2.21. The van der Waals surface area contributed by atoms with Crippen LogP contribution in [0.1, 0.15) is 19.7 Å². The molecule has 0 unspecified atom stereocenters. The van der Waals surface area contributed by atoms with Crippen molar-refractivity contribution in [3.05, 3.63) is 60.4 Å². The molecule has 1 heterocycles. The van der Waals surface area contributed by atoms with Crippen molar-refractivity contribution in [3.8, 4) is 5.69 Å². The van der Waals surface area contributed by atoms with Gasteiger partial charge >= 0.3 is 0 Å². The van der Waals surface area contributed by atoms with Crippen molar-refractivity contribution in [1.82, 2.24) is 9.55 Å². The standard InChI is InChI=1S/C17H19N3/c1-17(2,12-18)16-19-14-10-6-7-11-15(14)20(16)13-8-4-3-5-9-13/h3-11H,12,18H2,1-2H3. The first kappa shape index (κ1) is 12.9. The van der Waals surface area contributed by atoms with Gasteiger partial charge in [-0.2, -0.15) is 0 Å². The molecule has 0 radical (unpaired) electrons. The Labute approximate surface area is 119 Å². The normalized spacial score (nSPS) is 11.9. The third-order valence-electron chi connectivity index (χ3n) is 3.69. The van der Waals surface area contributed by atoms with E-state index in [0.29, 0.717) is 6.54 Å². The highest BCUT2D eigenvalue weighted by molar-refractivity contribution is 5.78. The summed E-state index contributed by atoms with van der Waals surface area (Å²) in [5.74, 6) is 1.01. The van der Waals surface area contributed by atoms with Gasteiger partial charge in [-0.25, -0.2) is 4.98 Å². The molecule has 3 nitrogen and oxygen atoms in total. The van der Waals surface area contributed by atoms with Crippen LogP contribution in [0.5, 0.6) is 0 Å². The maximum absolute atomic E-state index is 5.95. The van der Waals surface area contributed by atoms with Crippen molar-refractivity contribution >= 4 is 11.0 Å². The molecule has 20 heavy (non-hydrogen) atoms. The Kier molecular flexibility index (Phi) is 3.07. The second-order valence-corrected chi connectivity index (χ2v) is 5.68. The first-order chi connectivity index (χ1) is 9.63. The lowest BCUT2D eigenvalue weighted by Crippen LogP contribution is -2.31. The third-order valence-corrected chi connectivity index (χ3v) is 3.69. The van der Waals surface area contributed by atoms with Crippen molar-refractivity contribution in [3.63, 3.8) is 0 Å². The van der Waals surface area contributed by atoms with Gasteiger partial charge in [-0.3, -0.25) is 4.57 Å². The Morgan fingerprint density at radius 3 is 2.35 bits per heavy atom. The van der Waals surface area contributed by atoms with Gasteiger partial charge in [0.05, 0.1) is 11.0 Å². The second-order valence-electron chi connectivity index (χ2n) is 5.68. The summed E-state index contributed by atoms with van der Waals surface area (Å²) in [7, 11) is 0.